The zero-order valence-corrected chi connectivity index (χ0v) is 12.7. The molecule has 124 valence electrons. The van der Waals surface area contributed by atoms with Gasteiger partial charge >= 0.3 is 18.0 Å². The lowest BCUT2D eigenvalue weighted by molar-refractivity contribution is -0.154. The lowest BCUT2D eigenvalue weighted by Gasteiger charge is -2.36. The number of carboxylic acids is 1. The number of carbonyl (C=O) groups excluding carboxylic acids is 2. The Morgan fingerprint density at radius 1 is 1.26 bits per heavy atom. The van der Waals surface area contributed by atoms with Crippen molar-refractivity contribution >= 4 is 18.0 Å². The summed E-state index contributed by atoms with van der Waals surface area (Å²) >= 11 is 0. The highest BCUT2D eigenvalue weighted by molar-refractivity contribution is 5.81. The molecule has 0 heterocycles. The van der Waals surface area contributed by atoms with Gasteiger partial charge in [0.05, 0.1) is 13.0 Å². The molecule has 1 aliphatic carbocycles. The smallest absolute Gasteiger partial charge is 0.408 e. The molecule has 1 amide bonds. The quantitative estimate of drug-likeness (QED) is 0.771. The van der Waals surface area contributed by atoms with Crippen LogP contribution in [-0.4, -0.2) is 36.3 Å². The summed E-state index contributed by atoms with van der Waals surface area (Å²) in [6, 6.07) is 8.01. The second-order valence-electron chi connectivity index (χ2n) is 5.47. The molecule has 2 rings (SSSR count). The second kappa shape index (κ2) is 7.62. The molecule has 0 saturated heterocycles. The summed E-state index contributed by atoms with van der Waals surface area (Å²) in [5.74, 6) is -2.10. The fraction of sp³-hybridized carbons (Fsp3) is 0.438. The fourth-order valence-electron chi connectivity index (χ4n) is 2.57. The third-order valence-electron chi connectivity index (χ3n) is 3.93. The third kappa shape index (κ3) is 4.45. The summed E-state index contributed by atoms with van der Waals surface area (Å²) < 4.78 is 9.63. The molecule has 1 unspecified atom stereocenters. The highest BCUT2D eigenvalue weighted by Crippen LogP contribution is 2.37. The molecule has 7 heteroatoms. The van der Waals surface area contributed by atoms with Crippen molar-refractivity contribution in [2.24, 2.45) is 11.8 Å². The standard InChI is InChI=1S/C16H19NO6/c1-22-15(20)12-7-11(8-12)13(14(18)19)17-16(21)23-9-10-5-3-2-4-6-10/h2-6,11-13H,7-9H2,1H3,(H,17,21)(H,18,19). The van der Waals surface area contributed by atoms with Gasteiger partial charge in [0.2, 0.25) is 0 Å². The van der Waals surface area contributed by atoms with Gasteiger partial charge in [0.15, 0.2) is 0 Å². The molecular weight excluding hydrogens is 302 g/mol. The van der Waals surface area contributed by atoms with Crippen LogP contribution in [0.3, 0.4) is 0 Å². The number of aliphatic carboxylic acids is 1. The second-order valence-corrected chi connectivity index (χ2v) is 5.47. The normalized spacial score (nSPS) is 20.7. The predicted molar refractivity (Wildman–Crippen MR) is 79.4 cm³/mol. The number of carboxylic acid groups (broad SMARTS) is 1. The van der Waals surface area contributed by atoms with Gasteiger partial charge in [-0.3, -0.25) is 4.79 Å². The van der Waals surface area contributed by atoms with E-state index in [1.807, 2.05) is 18.2 Å². The first-order valence-corrected chi connectivity index (χ1v) is 7.29. The topological polar surface area (TPSA) is 102 Å². The monoisotopic (exact) mass is 321 g/mol. The van der Waals surface area contributed by atoms with Crippen LogP contribution in [0.1, 0.15) is 18.4 Å². The van der Waals surface area contributed by atoms with Gasteiger partial charge < -0.3 is 19.9 Å². The van der Waals surface area contributed by atoms with Crippen LogP contribution in [0.2, 0.25) is 0 Å². The zero-order chi connectivity index (χ0) is 16.8. The average Bonchev–Trinajstić information content (AvgIpc) is 2.51. The minimum Gasteiger partial charge on any atom is -0.480 e. The Morgan fingerprint density at radius 3 is 2.48 bits per heavy atom. The molecule has 23 heavy (non-hydrogen) atoms. The van der Waals surface area contributed by atoms with E-state index in [2.05, 4.69) is 10.1 Å². The number of esters is 1. The molecular formula is C16H19NO6. The van der Waals surface area contributed by atoms with Crippen molar-refractivity contribution in [3.05, 3.63) is 35.9 Å². The molecule has 1 fully saturated rings. The minimum absolute atomic E-state index is 0.0640. The highest BCUT2D eigenvalue weighted by atomic mass is 16.5. The average molecular weight is 321 g/mol. The molecule has 1 saturated carbocycles. The minimum atomic E-state index is -1.14. The van der Waals surface area contributed by atoms with Crippen molar-refractivity contribution in [2.45, 2.75) is 25.5 Å². The maximum atomic E-state index is 11.8. The number of methoxy groups -OCH3 is 1. The number of nitrogens with one attached hydrogen (secondary N) is 1. The Kier molecular flexibility index (Phi) is 5.56. The molecule has 0 spiro atoms. The first-order chi connectivity index (χ1) is 11.0. The zero-order valence-electron chi connectivity index (χ0n) is 12.7. The van der Waals surface area contributed by atoms with Gasteiger partial charge in [-0.25, -0.2) is 9.59 Å². The number of rotatable bonds is 6. The predicted octanol–water partition coefficient (Wildman–Crippen LogP) is 1.57. The van der Waals surface area contributed by atoms with E-state index in [0.717, 1.165) is 5.56 Å². The number of benzene rings is 1. The number of hydrogen-bond donors (Lipinski definition) is 2. The lowest BCUT2D eigenvalue weighted by atomic mass is 9.71. The van der Waals surface area contributed by atoms with Crippen LogP contribution in [-0.2, 0) is 25.7 Å². The number of amides is 1. The van der Waals surface area contributed by atoms with E-state index in [1.54, 1.807) is 12.1 Å². The lowest BCUT2D eigenvalue weighted by Crippen LogP contribution is -2.51. The Labute approximate surface area is 133 Å². The van der Waals surface area contributed by atoms with Crippen molar-refractivity contribution in [1.29, 1.82) is 0 Å². The molecule has 0 bridgehead atoms. The summed E-state index contributed by atoms with van der Waals surface area (Å²) in [7, 11) is 1.30. The van der Waals surface area contributed by atoms with Gasteiger partial charge in [0, 0.05) is 0 Å². The summed E-state index contributed by atoms with van der Waals surface area (Å²) in [4.78, 5) is 34.4. The van der Waals surface area contributed by atoms with Crippen LogP contribution >= 0.6 is 0 Å². The fourth-order valence-corrected chi connectivity index (χ4v) is 2.57. The molecule has 1 atom stereocenters. The first-order valence-electron chi connectivity index (χ1n) is 7.29. The molecule has 1 aromatic rings. The SMILES string of the molecule is COC(=O)C1CC(C(NC(=O)OCc2ccccc2)C(=O)O)C1. The van der Waals surface area contributed by atoms with Gasteiger partial charge in [0.25, 0.3) is 0 Å². The van der Waals surface area contributed by atoms with Gasteiger partial charge in [-0.1, -0.05) is 30.3 Å². The summed E-state index contributed by atoms with van der Waals surface area (Å²) in [5, 5.41) is 11.6. The maximum Gasteiger partial charge on any atom is 0.408 e. The van der Waals surface area contributed by atoms with Crippen LogP contribution < -0.4 is 5.32 Å². The molecule has 7 nitrogen and oxygen atoms in total. The summed E-state index contributed by atoms with van der Waals surface area (Å²) in [6.45, 7) is 0.0640. The maximum absolute atomic E-state index is 11.8. The van der Waals surface area contributed by atoms with Crippen molar-refractivity contribution in [3.63, 3.8) is 0 Å². The van der Waals surface area contributed by atoms with E-state index in [9.17, 15) is 19.5 Å². The van der Waals surface area contributed by atoms with E-state index < -0.39 is 18.1 Å². The number of ether oxygens (including phenoxy) is 2. The third-order valence-corrected chi connectivity index (χ3v) is 3.93. The van der Waals surface area contributed by atoms with Crippen LogP contribution in [0.25, 0.3) is 0 Å². The van der Waals surface area contributed by atoms with E-state index in [0.29, 0.717) is 12.8 Å². The number of alkyl carbamates (subject to hydrolysis) is 1. The van der Waals surface area contributed by atoms with Gasteiger partial charge in [-0.15, -0.1) is 0 Å². The van der Waals surface area contributed by atoms with E-state index in [4.69, 9.17) is 4.74 Å². The van der Waals surface area contributed by atoms with Crippen LogP contribution in [0.5, 0.6) is 0 Å². The summed E-state index contributed by atoms with van der Waals surface area (Å²) in [5.41, 5.74) is 0.809. The Morgan fingerprint density at radius 2 is 1.91 bits per heavy atom. The van der Waals surface area contributed by atoms with Crippen LogP contribution in [0.4, 0.5) is 4.79 Å². The summed E-state index contributed by atoms with van der Waals surface area (Å²) in [6.07, 6.45) is -0.0339. The van der Waals surface area contributed by atoms with E-state index in [-0.39, 0.29) is 24.4 Å². The van der Waals surface area contributed by atoms with E-state index >= 15 is 0 Å². The van der Waals surface area contributed by atoms with Crippen molar-refractivity contribution in [2.75, 3.05) is 7.11 Å². The molecule has 1 aromatic carbocycles. The van der Waals surface area contributed by atoms with Crippen molar-refractivity contribution < 1.29 is 29.0 Å². The van der Waals surface area contributed by atoms with Crippen molar-refractivity contribution in [1.82, 2.24) is 5.32 Å². The van der Waals surface area contributed by atoms with Gasteiger partial charge in [-0.05, 0) is 24.3 Å². The molecule has 0 aliphatic heterocycles. The largest absolute Gasteiger partial charge is 0.480 e. The van der Waals surface area contributed by atoms with Crippen LogP contribution in [0.15, 0.2) is 30.3 Å². The van der Waals surface area contributed by atoms with Crippen molar-refractivity contribution in [3.8, 4) is 0 Å². The number of hydrogen-bond acceptors (Lipinski definition) is 5. The molecule has 0 aromatic heterocycles. The van der Waals surface area contributed by atoms with Gasteiger partial charge in [0.1, 0.15) is 12.6 Å². The Balaban J connectivity index is 1.82. The Bertz CT molecular complexity index is 567. The molecule has 2 N–H and O–H groups in total. The molecule has 0 radical (unpaired) electrons. The molecule has 1 aliphatic rings. The first kappa shape index (κ1) is 16.8. The Hall–Kier alpha value is -2.57. The van der Waals surface area contributed by atoms with Crippen LogP contribution in [0, 0.1) is 11.8 Å². The number of carbonyl (C=O) groups is 3. The highest BCUT2D eigenvalue weighted by Gasteiger charge is 2.43. The van der Waals surface area contributed by atoms with Gasteiger partial charge in [-0.2, -0.15) is 0 Å². The van der Waals surface area contributed by atoms with E-state index in [1.165, 1.54) is 7.11 Å².